The van der Waals surface area contributed by atoms with Gasteiger partial charge in [0.2, 0.25) is 0 Å². The average Bonchev–Trinajstić information content (AvgIpc) is 2.46. The molecule has 0 fully saturated rings. The molecule has 0 unspecified atom stereocenters. The number of aliphatic imine (C=N–C) groups is 1. The van der Waals surface area contributed by atoms with Crippen LogP contribution in [0.4, 0.5) is 5.69 Å². The van der Waals surface area contributed by atoms with Crippen molar-refractivity contribution in [2.75, 3.05) is 6.61 Å². The Balaban J connectivity index is 2.24. The molecule has 0 saturated carbocycles. The molecular weight excluding hydrogens is 314 g/mol. The number of nitrogens with zero attached hydrogens (tertiary/aromatic N) is 1. The molecule has 0 aliphatic heterocycles. The molecule has 2 nitrogen and oxygen atoms in total. The Morgan fingerprint density at radius 1 is 1.20 bits per heavy atom. The van der Waals surface area contributed by atoms with Gasteiger partial charge in [0.05, 0.1) is 5.69 Å². The van der Waals surface area contributed by atoms with Crippen molar-refractivity contribution in [1.29, 1.82) is 0 Å². The lowest BCUT2D eigenvalue weighted by Crippen LogP contribution is -1.96. The highest BCUT2D eigenvalue weighted by Crippen LogP contribution is 2.23. The maximum atomic E-state index is 5.62. The van der Waals surface area contributed by atoms with Crippen LogP contribution in [0.5, 0.6) is 5.75 Å². The van der Waals surface area contributed by atoms with Gasteiger partial charge >= 0.3 is 0 Å². The van der Waals surface area contributed by atoms with E-state index in [1.165, 1.54) is 5.56 Å². The van der Waals surface area contributed by atoms with Gasteiger partial charge in [-0.2, -0.15) is 0 Å². The number of ether oxygens (including phenoxy) is 1. The van der Waals surface area contributed by atoms with E-state index in [1.807, 2.05) is 48.7 Å². The Hall–Kier alpha value is -1.87. The fourth-order valence-corrected chi connectivity index (χ4v) is 2.05. The summed E-state index contributed by atoms with van der Waals surface area (Å²) >= 11 is 3.46. The monoisotopic (exact) mass is 329 g/mol. The minimum absolute atomic E-state index is 0.479. The van der Waals surface area contributed by atoms with Crippen molar-refractivity contribution in [2.24, 2.45) is 4.99 Å². The zero-order chi connectivity index (χ0) is 14.4. The summed E-state index contributed by atoms with van der Waals surface area (Å²) in [4.78, 5) is 4.48. The summed E-state index contributed by atoms with van der Waals surface area (Å²) in [6, 6.07) is 13.9. The quantitative estimate of drug-likeness (QED) is 0.554. The molecule has 0 radical (unpaired) electrons. The summed E-state index contributed by atoms with van der Waals surface area (Å²) in [5, 5.41) is 0. The van der Waals surface area contributed by atoms with Crippen LogP contribution in [0.15, 0.2) is 64.6 Å². The molecule has 0 spiro atoms. The molecule has 0 aromatic heterocycles. The molecule has 0 aliphatic rings. The third-order valence-corrected chi connectivity index (χ3v) is 3.21. The van der Waals surface area contributed by atoms with Gasteiger partial charge in [0.15, 0.2) is 0 Å². The average molecular weight is 330 g/mol. The van der Waals surface area contributed by atoms with E-state index in [4.69, 9.17) is 4.74 Å². The highest BCUT2D eigenvalue weighted by Gasteiger charge is 2.02. The first-order chi connectivity index (χ1) is 9.69. The first kappa shape index (κ1) is 14.5. The zero-order valence-electron chi connectivity index (χ0n) is 11.3. The number of benzene rings is 2. The molecule has 3 heteroatoms. The van der Waals surface area contributed by atoms with Crippen molar-refractivity contribution in [2.45, 2.75) is 6.92 Å². The molecule has 102 valence electrons. The fourth-order valence-electron chi connectivity index (χ4n) is 1.68. The third-order valence-electron chi connectivity index (χ3n) is 2.72. The van der Waals surface area contributed by atoms with Crippen LogP contribution in [-0.4, -0.2) is 12.8 Å². The van der Waals surface area contributed by atoms with Crippen molar-refractivity contribution in [3.8, 4) is 5.75 Å². The summed E-state index contributed by atoms with van der Waals surface area (Å²) in [6.07, 6.45) is 3.54. The van der Waals surface area contributed by atoms with Crippen LogP contribution in [0.25, 0.3) is 0 Å². The third kappa shape index (κ3) is 4.07. The van der Waals surface area contributed by atoms with E-state index < -0.39 is 0 Å². The predicted molar refractivity (Wildman–Crippen MR) is 88.3 cm³/mol. The van der Waals surface area contributed by atoms with Gasteiger partial charge in [0.25, 0.3) is 0 Å². The Bertz CT molecular complexity index is 617. The maximum absolute atomic E-state index is 5.62. The smallest absolute Gasteiger partial charge is 0.128 e. The Morgan fingerprint density at radius 2 is 1.95 bits per heavy atom. The largest absolute Gasteiger partial charge is 0.489 e. The highest BCUT2D eigenvalue weighted by molar-refractivity contribution is 9.10. The van der Waals surface area contributed by atoms with Crippen LogP contribution in [-0.2, 0) is 0 Å². The molecule has 20 heavy (non-hydrogen) atoms. The van der Waals surface area contributed by atoms with Gasteiger partial charge in [-0.15, -0.1) is 0 Å². The molecule has 2 aromatic rings. The van der Waals surface area contributed by atoms with Crippen LogP contribution in [0.3, 0.4) is 0 Å². The maximum Gasteiger partial charge on any atom is 0.128 e. The predicted octanol–water partition coefficient (Wildman–Crippen LogP) is 5.07. The minimum atomic E-state index is 0.479. The van der Waals surface area contributed by atoms with Crippen LogP contribution in [0.2, 0.25) is 0 Å². The second-order valence-electron chi connectivity index (χ2n) is 4.38. The van der Waals surface area contributed by atoms with E-state index in [-0.39, 0.29) is 0 Å². The molecule has 2 aromatic carbocycles. The summed E-state index contributed by atoms with van der Waals surface area (Å²) in [5.41, 5.74) is 3.08. The standard InChI is InChI=1S/C17H16BrNO/c1-3-10-20-17-9-6-15(18)11-14(17)12-19-16-7-4-13(2)5-8-16/h3-9,11-12H,1,10H2,2H3. The number of hydrogen-bond donors (Lipinski definition) is 0. The van der Waals surface area contributed by atoms with Gasteiger partial charge < -0.3 is 4.74 Å². The lowest BCUT2D eigenvalue weighted by Gasteiger charge is -2.07. The van der Waals surface area contributed by atoms with E-state index >= 15 is 0 Å². The van der Waals surface area contributed by atoms with E-state index in [1.54, 1.807) is 6.08 Å². The number of hydrogen-bond acceptors (Lipinski definition) is 2. The second kappa shape index (κ2) is 7.06. The van der Waals surface area contributed by atoms with E-state index in [9.17, 15) is 0 Å². The molecule has 2 rings (SSSR count). The summed E-state index contributed by atoms with van der Waals surface area (Å²) in [5.74, 6) is 0.795. The minimum Gasteiger partial charge on any atom is -0.489 e. The molecule has 0 atom stereocenters. The van der Waals surface area contributed by atoms with Gasteiger partial charge in [0.1, 0.15) is 12.4 Å². The molecule has 0 saturated heterocycles. The van der Waals surface area contributed by atoms with Crippen LogP contribution < -0.4 is 4.74 Å². The lowest BCUT2D eigenvalue weighted by molar-refractivity contribution is 0.362. The van der Waals surface area contributed by atoms with Gasteiger partial charge in [-0.25, -0.2) is 0 Å². The zero-order valence-corrected chi connectivity index (χ0v) is 12.9. The summed E-state index contributed by atoms with van der Waals surface area (Å²) in [7, 11) is 0. The number of aryl methyl sites for hydroxylation is 1. The first-order valence-electron chi connectivity index (χ1n) is 6.33. The van der Waals surface area contributed by atoms with E-state index in [2.05, 4.69) is 34.4 Å². The first-order valence-corrected chi connectivity index (χ1v) is 7.12. The molecule has 0 heterocycles. The number of rotatable bonds is 5. The molecule has 0 aliphatic carbocycles. The molecule has 0 bridgehead atoms. The van der Waals surface area contributed by atoms with Crippen molar-refractivity contribution >= 4 is 27.8 Å². The van der Waals surface area contributed by atoms with Crippen molar-refractivity contribution in [3.05, 3.63) is 70.7 Å². The fraction of sp³-hybridized carbons (Fsp3) is 0.118. The van der Waals surface area contributed by atoms with Gasteiger partial charge in [0, 0.05) is 16.3 Å². The van der Waals surface area contributed by atoms with Crippen molar-refractivity contribution < 1.29 is 4.74 Å². The van der Waals surface area contributed by atoms with E-state index in [0.717, 1.165) is 21.5 Å². The van der Waals surface area contributed by atoms with Gasteiger partial charge in [-0.05, 0) is 37.3 Å². The van der Waals surface area contributed by atoms with Crippen LogP contribution in [0, 0.1) is 6.92 Å². The van der Waals surface area contributed by atoms with Gasteiger partial charge in [-0.1, -0.05) is 46.3 Å². The second-order valence-corrected chi connectivity index (χ2v) is 5.29. The molecule has 0 amide bonds. The van der Waals surface area contributed by atoms with Crippen LogP contribution >= 0.6 is 15.9 Å². The summed E-state index contributed by atoms with van der Waals surface area (Å²) < 4.78 is 6.61. The van der Waals surface area contributed by atoms with Gasteiger partial charge in [-0.3, -0.25) is 4.99 Å². The highest BCUT2D eigenvalue weighted by atomic mass is 79.9. The molecule has 0 N–H and O–H groups in total. The van der Waals surface area contributed by atoms with Crippen molar-refractivity contribution in [3.63, 3.8) is 0 Å². The Kier molecular flexibility index (Phi) is 5.13. The Morgan fingerprint density at radius 3 is 2.65 bits per heavy atom. The normalized spacial score (nSPS) is 10.7. The SMILES string of the molecule is C=CCOc1ccc(Br)cc1C=Nc1ccc(C)cc1. The Labute approximate surface area is 128 Å². The topological polar surface area (TPSA) is 21.6 Å². The van der Waals surface area contributed by atoms with Crippen LogP contribution in [0.1, 0.15) is 11.1 Å². The van der Waals surface area contributed by atoms with Crippen molar-refractivity contribution in [1.82, 2.24) is 0 Å². The number of halogens is 1. The van der Waals surface area contributed by atoms with E-state index in [0.29, 0.717) is 6.61 Å². The molecular formula is C17H16BrNO. The lowest BCUT2D eigenvalue weighted by atomic mass is 10.2. The summed E-state index contributed by atoms with van der Waals surface area (Å²) in [6.45, 7) is 6.19.